The van der Waals surface area contributed by atoms with Crippen molar-refractivity contribution in [3.63, 3.8) is 0 Å². The molecule has 0 bridgehead atoms. The van der Waals surface area contributed by atoms with Gasteiger partial charge in [0.1, 0.15) is 6.33 Å². The number of fused-ring (bicyclic) bond motifs is 1. The van der Waals surface area contributed by atoms with E-state index < -0.39 is 5.91 Å². The Morgan fingerprint density at radius 1 is 1.13 bits per heavy atom. The lowest BCUT2D eigenvalue weighted by atomic mass is 10.1. The maximum Gasteiger partial charge on any atom is 0.286 e. The van der Waals surface area contributed by atoms with Gasteiger partial charge in [-0.1, -0.05) is 29.8 Å². The Morgan fingerprint density at radius 3 is 2.80 bits per heavy atom. The number of halogens is 1. The summed E-state index contributed by atoms with van der Waals surface area (Å²) in [7, 11) is 0. The average Bonchev–Trinajstić information content (AvgIpc) is 3.36. The number of amides is 2. The quantitative estimate of drug-likeness (QED) is 0.471. The third-order valence-corrected chi connectivity index (χ3v) is 4.77. The van der Waals surface area contributed by atoms with E-state index in [9.17, 15) is 9.59 Å². The van der Waals surface area contributed by atoms with Gasteiger partial charge in [0.25, 0.3) is 11.8 Å². The third-order valence-electron chi connectivity index (χ3n) is 4.54. The van der Waals surface area contributed by atoms with Crippen LogP contribution in [-0.2, 0) is 19.6 Å². The van der Waals surface area contributed by atoms with Crippen LogP contribution in [-0.4, -0.2) is 36.4 Å². The number of carbonyl (C=O) groups excluding carboxylic acids is 2. The topological polar surface area (TPSA) is 121 Å². The summed E-state index contributed by atoms with van der Waals surface area (Å²) in [6.45, 7) is 1.24. The average molecular weight is 424 g/mol. The fourth-order valence-electron chi connectivity index (χ4n) is 3.07. The van der Waals surface area contributed by atoms with E-state index in [0.717, 1.165) is 10.9 Å². The molecular weight excluding hydrogens is 406 g/mol. The number of aromatic nitrogens is 5. The van der Waals surface area contributed by atoms with Crippen LogP contribution in [0.2, 0.25) is 5.02 Å². The molecule has 0 unspecified atom stereocenters. The van der Waals surface area contributed by atoms with Crippen LogP contribution in [0.5, 0.6) is 0 Å². The van der Waals surface area contributed by atoms with Crippen LogP contribution in [0.4, 0.5) is 0 Å². The molecular formula is C20H18ClN7O2. The van der Waals surface area contributed by atoms with E-state index in [2.05, 4.69) is 20.5 Å². The first-order valence-electron chi connectivity index (χ1n) is 9.17. The number of aryl methyl sites for hydroxylation is 2. The highest BCUT2D eigenvalue weighted by molar-refractivity contribution is 6.30. The lowest BCUT2D eigenvalue weighted by Gasteiger charge is -2.06. The van der Waals surface area contributed by atoms with Crippen molar-refractivity contribution in [2.75, 3.05) is 0 Å². The fourth-order valence-corrected chi connectivity index (χ4v) is 3.28. The Balaban J connectivity index is 1.43. The first-order valence-corrected chi connectivity index (χ1v) is 9.55. The molecule has 0 atom stereocenters. The molecule has 4 aromatic rings. The number of carbonyl (C=O) groups is 2. The smallest absolute Gasteiger partial charge is 0.286 e. The molecule has 0 aliphatic rings. The lowest BCUT2D eigenvalue weighted by molar-refractivity contribution is 0.0949. The predicted octanol–water partition coefficient (Wildman–Crippen LogP) is 2.01. The molecule has 0 aliphatic heterocycles. The maximum absolute atomic E-state index is 12.5. The molecule has 9 nitrogen and oxygen atoms in total. The lowest BCUT2D eigenvalue weighted by Crippen LogP contribution is -2.22. The molecule has 0 aliphatic carbocycles. The van der Waals surface area contributed by atoms with E-state index in [0.29, 0.717) is 35.7 Å². The van der Waals surface area contributed by atoms with Gasteiger partial charge in [-0.25, -0.2) is 9.67 Å². The molecule has 3 N–H and O–H groups in total. The molecule has 2 amide bonds. The van der Waals surface area contributed by atoms with Gasteiger partial charge in [0.05, 0.1) is 18.6 Å². The number of primary amides is 1. The van der Waals surface area contributed by atoms with E-state index in [1.165, 1.54) is 11.0 Å². The zero-order valence-electron chi connectivity index (χ0n) is 15.8. The second kappa shape index (κ2) is 8.34. The summed E-state index contributed by atoms with van der Waals surface area (Å²) >= 11 is 5.97. The van der Waals surface area contributed by atoms with Gasteiger partial charge < -0.3 is 11.1 Å². The van der Waals surface area contributed by atoms with Gasteiger partial charge >= 0.3 is 0 Å². The summed E-state index contributed by atoms with van der Waals surface area (Å²) in [6, 6.07) is 12.7. The number of nitrogens with two attached hydrogens (primary N) is 1. The predicted molar refractivity (Wildman–Crippen MR) is 111 cm³/mol. The molecule has 2 aromatic heterocycles. The van der Waals surface area contributed by atoms with Crippen LogP contribution in [0.3, 0.4) is 0 Å². The molecule has 0 fully saturated rings. The Bertz CT molecular complexity index is 1230. The highest BCUT2D eigenvalue weighted by Crippen LogP contribution is 2.15. The Hall–Kier alpha value is -3.72. The first kappa shape index (κ1) is 19.6. The summed E-state index contributed by atoms with van der Waals surface area (Å²) in [6.07, 6.45) is 3.15. The molecule has 0 radical (unpaired) electrons. The van der Waals surface area contributed by atoms with Crippen molar-refractivity contribution >= 4 is 34.3 Å². The highest BCUT2D eigenvalue weighted by Gasteiger charge is 2.11. The maximum atomic E-state index is 12.5. The van der Waals surface area contributed by atoms with Crippen LogP contribution in [0.1, 0.15) is 26.5 Å². The molecule has 2 heterocycles. The molecule has 30 heavy (non-hydrogen) atoms. The number of benzene rings is 2. The monoisotopic (exact) mass is 423 g/mol. The van der Waals surface area contributed by atoms with Crippen LogP contribution in [0.15, 0.2) is 55.0 Å². The van der Waals surface area contributed by atoms with Crippen molar-refractivity contribution in [3.05, 3.63) is 77.0 Å². The van der Waals surface area contributed by atoms with Crippen LogP contribution >= 0.6 is 11.6 Å². The van der Waals surface area contributed by atoms with Gasteiger partial charge in [0, 0.05) is 28.7 Å². The minimum Gasteiger partial charge on any atom is -0.363 e. The zero-order valence-corrected chi connectivity index (χ0v) is 16.6. The second-order valence-electron chi connectivity index (χ2n) is 6.65. The third kappa shape index (κ3) is 4.31. The van der Waals surface area contributed by atoms with E-state index in [1.54, 1.807) is 22.9 Å². The number of hydrogen-bond donors (Lipinski definition) is 2. The SMILES string of the molecule is NC(=O)c1ncnn1CCn1cc2ccc(C(=O)NCc3cccc(Cl)c3)cc2n1. The van der Waals surface area contributed by atoms with Crippen LogP contribution < -0.4 is 11.1 Å². The van der Waals surface area contributed by atoms with Crippen LogP contribution in [0, 0.1) is 0 Å². The van der Waals surface area contributed by atoms with E-state index in [1.807, 2.05) is 30.5 Å². The summed E-state index contributed by atoms with van der Waals surface area (Å²) in [5, 5.41) is 12.9. The van der Waals surface area contributed by atoms with Crippen molar-refractivity contribution in [3.8, 4) is 0 Å². The van der Waals surface area contributed by atoms with E-state index >= 15 is 0 Å². The minimum atomic E-state index is -0.633. The largest absolute Gasteiger partial charge is 0.363 e. The summed E-state index contributed by atoms with van der Waals surface area (Å²) in [5.74, 6) is -0.725. The zero-order chi connectivity index (χ0) is 21.1. The number of nitrogens with zero attached hydrogens (tertiary/aromatic N) is 5. The first-order chi connectivity index (χ1) is 14.5. The normalized spacial score (nSPS) is 11.0. The van der Waals surface area contributed by atoms with Gasteiger partial charge in [0.2, 0.25) is 5.82 Å². The van der Waals surface area contributed by atoms with Crippen LogP contribution in [0.25, 0.3) is 10.9 Å². The van der Waals surface area contributed by atoms with Crippen molar-refractivity contribution in [1.82, 2.24) is 29.9 Å². The second-order valence-corrected chi connectivity index (χ2v) is 7.09. The molecule has 0 saturated heterocycles. The molecule has 152 valence electrons. The number of hydrogen-bond acceptors (Lipinski definition) is 5. The Morgan fingerprint density at radius 2 is 2.00 bits per heavy atom. The fraction of sp³-hybridized carbons (Fsp3) is 0.150. The van der Waals surface area contributed by atoms with Gasteiger partial charge in [-0.2, -0.15) is 10.2 Å². The van der Waals surface area contributed by atoms with Gasteiger partial charge in [0.15, 0.2) is 0 Å². The summed E-state index contributed by atoms with van der Waals surface area (Å²) in [4.78, 5) is 27.7. The van der Waals surface area contributed by atoms with Gasteiger partial charge in [-0.15, -0.1) is 0 Å². The van der Waals surface area contributed by atoms with Crippen molar-refractivity contribution in [1.29, 1.82) is 0 Å². The standard InChI is InChI=1S/C20H18ClN7O2/c21-16-3-1-2-13(8-16)10-23-20(30)14-4-5-15-11-27(26-17(15)9-14)6-7-28-19(18(22)29)24-12-25-28/h1-5,8-9,11-12H,6-7,10H2,(H2,22,29)(H,23,30). The summed E-state index contributed by atoms with van der Waals surface area (Å²) < 4.78 is 3.16. The minimum absolute atomic E-state index is 0.102. The molecule has 2 aromatic carbocycles. The molecule has 0 spiro atoms. The number of rotatable bonds is 7. The van der Waals surface area contributed by atoms with E-state index in [-0.39, 0.29) is 11.7 Å². The number of nitrogens with one attached hydrogen (secondary N) is 1. The van der Waals surface area contributed by atoms with Crippen molar-refractivity contribution < 1.29 is 9.59 Å². The molecule has 10 heteroatoms. The van der Waals surface area contributed by atoms with Crippen molar-refractivity contribution in [2.24, 2.45) is 5.73 Å². The van der Waals surface area contributed by atoms with Crippen molar-refractivity contribution in [2.45, 2.75) is 19.6 Å². The van der Waals surface area contributed by atoms with Gasteiger partial charge in [-0.3, -0.25) is 14.3 Å². The summed E-state index contributed by atoms with van der Waals surface area (Å²) in [5.41, 5.74) is 7.40. The van der Waals surface area contributed by atoms with E-state index in [4.69, 9.17) is 17.3 Å². The van der Waals surface area contributed by atoms with Gasteiger partial charge in [-0.05, 0) is 29.8 Å². The highest BCUT2D eigenvalue weighted by atomic mass is 35.5. The molecule has 0 saturated carbocycles. The Kier molecular flexibility index (Phi) is 5.44. The molecule has 4 rings (SSSR count). The Labute approximate surface area is 176 Å².